The van der Waals surface area contributed by atoms with E-state index in [1.54, 1.807) is 0 Å². The van der Waals surface area contributed by atoms with E-state index in [0.29, 0.717) is 12.8 Å². The van der Waals surface area contributed by atoms with Gasteiger partial charge in [0.1, 0.15) is 0 Å². The lowest BCUT2D eigenvalue weighted by atomic mass is 10.1. The first kappa shape index (κ1) is 13.5. The van der Waals surface area contributed by atoms with Gasteiger partial charge < -0.3 is 0 Å². The molecule has 0 aliphatic carbocycles. The van der Waals surface area contributed by atoms with Crippen LogP contribution in [0, 0.1) is 11.6 Å². The number of nitrogens with one attached hydrogen (secondary N) is 1. The Labute approximate surface area is 107 Å². The highest BCUT2D eigenvalue weighted by molar-refractivity contribution is 5.78. The Hall–Kier alpha value is -1.98. The first-order valence-electron chi connectivity index (χ1n) is 6.13. The SMILES string of the molecule is CCC(CC)n1c(=O)[nH]c(=O)c2cc(F)c(F)cc21. The number of aromatic nitrogens is 2. The van der Waals surface area contributed by atoms with Crippen LogP contribution in [-0.2, 0) is 0 Å². The lowest BCUT2D eigenvalue weighted by molar-refractivity contribution is 0.461. The van der Waals surface area contributed by atoms with Crippen molar-refractivity contribution < 1.29 is 8.78 Å². The first-order valence-corrected chi connectivity index (χ1v) is 6.13. The molecule has 2 aromatic rings. The van der Waals surface area contributed by atoms with Crippen molar-refractivity contribution in [1.82, 2.24) is 9.55 Å². The van der Waals surface area contributed by atoms with Gasteiger partial charge in [0, 0.05) is 12.1 Å². The Kier molecular flexibility index (Phi) is 3.50. The van der Waals surface area contributed by atoms with Crippen LogP contribution in [0.15, 0.2) is 21.7 Å². The van der Waals surface area contributed by atoms with Crippen LogP contribution in [0.4, 0.5) is 8.78 Å². The number of nitrogens with zero attached hydrogens (tertiary/aromatic N) is 1. The Bertz CT molecular complexity index is 730. The predicted molar refractivity (Wildman–Crippen MR) is 68.4 cm³/mol. The monoisotopic (exact) mass is 268 g/mol. The maximum Gasteiger partial charge on any atom is 0.329 e. The third-order valence-electron chi connectivity index (χ3n) is 3.29. The zero-order valence-corrected chi connectivity index (χ0v) is 10.7. The van der Waals surface area contributed by atoms with Crippen molar-refractivity contribution in [2.75, 3.05) is 0 Å². The number of halogens is 2. The van der Waals surface area contributed by atoms with E-state index in [0.717, 1.165) is 12.1 Å². The summed E-state index contributed by atoms with van der Waals surface area (Å²) in [7, 11) is 0. The van der Waals surface area contributed by atoms with Gasteiger partial charge in [-0.05, 0) is 18.9 Å². The molecule has 1 aromatic carbocycles. The molecule has 2 rings (SSSR count). The number of aromatic amines is 1. The second-order valence-electron chi connectivity index (χ2n) is 4.38. The summed E-state index contributed by atoms with van der Waals surface area (Å²) >= 11 is 0. The maximum absolute atomic E-state index is 13.4. The number of benzene rings is 1. The molecule has 0 saturated heterocycles. The normalized spacial score (nSPS) is 11.4. The van der Waals surface area contributed by atoms with Crippen molar-refractivity contribution in [2.45, 2.75) is 32.7 Å². The molecule has 0 radical (unpaired) electrons. The maximum atomic E-state index is 13.4. The van der Waals surface area contributed by atoms with E-state index in [2.05, 4.69) is 4.98 Å². The van der Waals surface area contributed by atoms with Crippen LogP contribution in [0.25, 0.3) is 10.9 Å². The Morgan fingerprint density at radius 3 is 2.32 bits per heavy atom. The molecule has 0 spiro atoms. The van der Waals surface area contributed by atoms with Crippen LogP contribution in [0.1, 0.15) is 32.7 Å². The Morgan fingerprint density at radius 2 is 1.74 bits per heavy atom. The molecule has 0 fully saturated rings. The zero-order chi connectivity index (χ0) is 14.2. The molecule has 0 aliphatic heterocycles. The van der Waals surface area contributed by atoms with Gasteiger partial charge in [-0.3, -0.25) is 14.3 Å². The van der Waals surface area contributed by atoms with Crippen LogP contribution < -0.4 is 11.2 Å². The van der Waals surface area contributed by atoms with E-state index >= 15 is 0 Å². The second-order valence-corrected chi connectivity index (χ2v) is 4.38. The number of hydrogen-bond acceptors (Lipinski definition) is 2. The van der Waals surface area contributed by atoms with E-state index in [-0.39, 0.29) is 16.9 Å². The summed E-state index contributed by atoms with van der Waals surface area (Å²) in [6.45, 7) is 3.77. The lowest BCUT2D eigenvalue weighted by Crippen LogP contribution is -2.32. The summed E-state index contributed by atoms with van der Waals surface area (Å²) in [5.41, 5.74) is -1.18. The third-order valence-corrected chi connectivity index (χ3v) is 3.29. The number of rotatable bonds is 3. The van der Waals surface area contributed by atoms with Crippen LogP contribution >= 0.6 is 0 Å². The molecular weight excluding hydrogens is 254 g/mol. The van der Waals surface area contributed by atoms with Crippen molar-refractivity contribution in [1.29, 1.82) is 0 Å². The Morgan fingerprint density at radius 1 is 1.16 bits per heavy atom. The molecular formula is C13H14F2N2O2. The van der Waals surface area contributed by atoms with E-state index < -0.39 is 22.9 Å². The molecule has 0 saturated carbocycles. The summed E-state index contributed by atoms with van der Waals surface area (Å²) in [6.07, 6.45) is 1.30. The topological polar surface area (TPSA) is 54.9 Å². The summed E-state index contributed by atoms with van der Waals surface area (Å²) in [5, 5.41) is -0.0228. The van der Waals surface area contributed by atoms with Gasteiger partial charge in [0.25, 0.3) is 5.56 Å². The molecule has 1 heterocycles. The average Bonchev–Trinajstić information content (AvgIpc) is 2.37. The minimum absolute atomic E-state index is 0.0228. The van der Waals surface area contributed by atoms with Crippen LogP contribution in [0.2, 0.25) is 0 Å². The highest BCUT2D eigenvalue weighted by atomic mass is 19.2. The standard InChI is InChI=1S/C13H14F2N2O2/c1-3-7(4-2)17-11-6-10(15)9(14)5-8(11)12(18)16-13(17)19/h5-7H,3-4H2,1-2H3,(H,16,18,19). The second kappa shape index (κ2) is 4.95. The molecule has 0 aliphatic rings. The molecule has 4 nitrogen and oxygen atoms in total. The fourth-order valence-electron chi connectivity index (χ4n) is 2.27. The van der Waals surface area contributed by atoms with E-state index in [1.165, 1.54) is 4.57 Å². The number of fused-ring (bicyclic) bond motifs is 1. The van der Waals surface area contributed by atoms with Gasteiger partial charge in [-0.1, -0.05) is 13.8 Å². The highest BCUT2D eigenvalue weighted by Gasteiger charge is 2.16. The predicted octanol–water partition coefficient (Wildman–Crippen LogP) is 2.33. The van der Waals surface area contributed by atoms with E-state index in [4.69, 9.17) is 0 Å². The molecule has 1 N–H and O–H groups in total. The minimum Gasteiger partial charge on any atom is -0.290 e. The van der Waals surface area contributed by atoms with Crippen LogP contribution in [0.3, 0.4) is 0 Å². The molecule has 102 valence electrons. The quantitative estimate of drug-likeness (QED) is 0.928. The van der Waals surface area contributed by atoms with Crippen molar-refractivity contribution in [3.05, 3.63) is 44.6 Å². The largest absolute Gasteiger partial charge is 0.329 e. The number of hydrogen-bond donors (Lipinski definition) is 1. The Balaban J connectivity index is 2.94. The van der Waals surface area contributed by atoms with E-state index in [9.17, 15) is 18.4 Å². The molecule has 1 aromatic heterocycles. The molecule has 0 atom stereocenters. The molecule has 19 heavy (non-hydrogen) atoms. The van der Waals surface area contributed by atoms with Gasteiger partial charge in [0.05, 0.1) is 10.9 Å². The van der Waals surface area contributed by atoms with Crippen LogP contribution in [-0.4, -0.2) is 9.55 Å². The fourth-order valence-corrected chi connectivity index (χ4v) is 2.27. The molecule has 6 heteroatoms. The minimum atomic E-state index is -1.10. The summed E-state index contributed by atoms with van der Waals surface area (Å²) < 4.78 is 27.9. The lowest BCUT2D eigenvalue weighted by Gasteiger charge is -2.18. The summed E-state index contributed by atoms with van der Waals surface area (Å²) in [4.78, 5) is 25.7. The first-order chi connectivity index (χ1) is 8.99. The van der Waals surface area contributed by atoms with Gasteiger partial charge in [0.15, 0.2) is 11.6 Å². The van der Waals surface area contributed by atoms with Crippen molar-refractivity contribution in [3.63, 3.8) is 0 Å². The molecule has 0 bridgehead atoms. The van der Waals surface area contributed by atoms with Crippen molar-refractivity contribution in [3.8, 4) is 0 Å². The third kappa shape index (κ3) is 2.18. The summed E-state index contributed by atoms with van der Waals surface area (Å²) in [6, 6.07) is 1.55. The smallest absolute Gasteiger partial charge is 0.290 e. The molecule has 0 unspecified atom stereocenters. The van der Waals surface area contributed by atoms with E-state index in [1.807, 2.05) is 13.8 Å². The van der Waals surface area contributed by atoms with Gasteiger partial charge in [-0.25, -0.2) is 13.6 Å². The average molecular weight is 268 g/mol. The van der Waals surface area contributed by atoms with Crippen molar-refractivity contribution >= 4 is 10.9 Å². The van der Waals surface area contributed by atoms with Gasteiger partial charge >= 0.3 is 5.69 Å². The van der Waals surface area contributed by atoms with Crippen LogP contribution in [0.5, 0.6) is 0 Å². The van der Waals surface area contributed by atoms with Crippen molar-refractivity contribution in [2.24, 2.45) is 0 Å². The molecule has 0 amide bonds. The number of H-pyrrole nitrogens is 1. The zero-order valence-electron chi connectivity index (χ0n) is 10.7. The fraction of sp³-hybridized carbons (Fsp3) is 0.385. The van der Waals surface area contributed by atoms with Gasteiger partial charge in [0.2, 0.25) is 0 Å². The highest BCUT2D eigenvalue weighted by Crippen LogP contribution is 2.20. The van der Waals surface area contributed by atoms with Gasteiger partial charge in [-0.2, -0.15) is 0 Å². The summed E-state index contributed by atoms with van der Waals surface area (Å²) in [5.74, 6) is -2.18. The van der Waals surface area contributed by atoms with Gasteiger partial charge in [-0.15, -0.1) is 0 Å².